The molecule has 0 saturated heterocycles. The van der Waals surface area contributed by atoms with Gasteiger partial charge >= 0.3 is 0 Å². The number of halogens is 1. The Hall–Kier alpha value is -2.05. The van der Waals surface area contributed by atoms with Crippen molar-refractivity contribution in [3.8, 4) is 0 Å². The number of hydrogen-bond acceptors (Lipinski definition) is 4. The maximum absolute atomic E-state index is 12.4. The molecular weight excluding hydrogens is 322 g/mol. The normalized spacial score (nSPS) is 13.5. The van der Waals surface area contributed by atoms with Crippen LogP contribution in [0.1, 0.15) is 0 Å². The minimum atomic E-state index is -0.201. The van der Waals surface area contributed by atoms with E-state index in [0.717, 1.165) is 0 Å². The predicted molar refractivity (Wildman–Crippen MR) is 87.4 cm³/mol. The Labute approximate surface area is 136 Å². The standard InChI is InChI=1S/C15H12ClN3O2S/c16-10-4-3-7-17-15(10)22-9-14(21)19-8-13(20)18-11-5-1-2-6-12(11)19/h1-7H,8-9H2,(H,18,20). The second kappa shape index (κ2) is 6.37. The van der Waals surface area contributed by atoms with E-state index < -0.39 is 0 Å². The monoisotopic (exact) mass is 333 g/mol. The molecule has 1 aromatic carbocycles. The Kier molecular flexibility index (Phi) is 4.31. The summed E-state index contributed by atoms with van der Waals surface area (Å²) in [4.78, 5) is 29.8. The molecule has 2 aromatic rings. The van der Waals surface area contributed by atoms with Gasteiger partial charge in [-0.05, 0) is 24.3 Å². The Morgan fingerprint density at radius 2 is 2.14 bits per heavy atom. The summed E-state index contributed by atoms with van der Waals surface area (Å²) in [7, 11) is 0. The lowest BCUT2D eigenvalue weighted by Gasteiger charge is -2.29. The number of amides is 2. The first-order valence-electron chi connectivity index (χ1n) is 6.58. The lowest BCUT2D eigenvalue weighted by molar-refractivity contribution is -0.120. The fourth-order valence-corrected chi connectivity index (χ4v) is 3.18. The summed E-state index contributed by atoms with van der Waals surface area (Å²) in [6.45, 7) is 0.0202. The maximum Gasteiger partial charge on any atom is 0.244 e. The Morgan fingerprint density at radius 3 is 2.95 bits per heavy atom. The zero-order valence-corrected chi connectivity index (χ0v) is 13.0. The molecule has 5 nitrogen and oxygen atoms in total. The molecule has 0 spiro atoms. The van der Waals surface area contributed by atoms with Crippen molar-refractivity contribution < 1.29 is 9.59 Å². The number of hydrogen-bond donors (Lipinski definition) is 1. The molecule has 22 heavy (non-hydrogen) atoms. The fourth-order valence-electron chi connectivity index (χ4n) is 2.14. The quantitative estimate of drug-likeness (QED) is 0.877. The van der Waals surface area contributed by atoms with E-state index in [4.69, 9.17) is 11.6 Å². The summed E-state index contributed by atoms with van der Waals surface area (Å²) in [5.41, 5.74) is 1.35. The van der Waals surface area contributed by atoms with Gasteiger partial charge in [0.25, 0.3) is 0 Å². The molecule has 0 bridgehead atoms. The molecule has 3 rings (SSSR count). The van der Waals surface area contributed by atoms with Gasteiger partial charge in [-0.25, -0.2) is 4.98 Å². The minimum Gasteiger partial charge on any atom is -0.323 e. The lowest BCUT2D eigenvalue weighted by atomic mass is 10.2. The number of carbonyl (C=O) groups excluding carboxylic acids is 2. The molecule has 2 heterocycles. The third kappa shape index (κ3) is 3.08. The van der Waals surface area contributed by atoms with Crippen molar-refractivity contribution >= 4 is 46.6 Å². The Bertz CT molecular complexity index is 738. The van der Waals surface area contributed by atoms with E-state index in [0.29, 0.717) is 21.4 Å². The van der Waals surface area contributed by atoms with Crippen molar-refractivity contribution in [3.63, 3.8) is 0 Å². The van der Waals surface area contributed by atoms with Gasteiger partial charge in [-0.3, -0.25) is 9.59 Å². The summed E-state index contributed by atoms with van der Waals surface area (Å²) < 4.78 is 0. The maximum atomic E-state index is 12.4. The second-order valence-corrected chi connectivity index (χ2v) is 6.00. The number of rotatable bonds is 3. The van der Waals surface area contributed by atoms with Gasteiger partial charge in [-0.15, -0.1) is 0 Å². The van der Waals surface area contributed by atoms with Crippen LogP contribution in [0.3, 0.4) is 0 Å². The molecule has 0 fully saturated rings. The molecule has 0 atom stereocenters. The first-order chi connectivity index (χ1) is 10.6. The van der Waals surface area contributed by atoms with E-state index in [1.807, 2.05) is 18.2 Å². The van der Waals surface area contributed by atoms with Gasteiger partial charge in [0.2, 0.25) is 11.8 Å². The molecule has 2 amide bonds. The first kappa shape index (κ1) is 14.9. The molecule has 0 saturated carbocycles. The van der Waals surface area contributed by atoms with E-state index in [9.17, 15) is 9.59 Å². The van der Waals surface area contributed by atoms with Crippen LogP contribution >= 0.6 is 23.4 Å². The van der Waals surface area contributed by atoms with Crippen LogP contribution in [-0.4, -0.2) is 29.1 Å². The number of para-hydroxylation sites is 2. The topological polar surface area (TPSA) is 62.3 Å². The number of carbonyl (C=O) groups is 2. The van der Waals surface area contributed by atoms with Crippen molar-refractivity contribution in [2.45, 2.75) is 5.03 Å². The summed E-state index contributed by atoms with van der Waals surface area (Å²) >= 11 is 7.28. The first-order valence-corrected chi connectivity index (χ1v) is 7.94. The molecule has 0 aliphatic carbocycles. The van der Waals surface area contributed by atoms with E-state index in [1.165, 1.54) is 16.7 Å². The summed E-state index contributed by atoms with van der Waals surface area (Å²) in [6.07, 6.45) is 1.63. The molecule has 1 aliphatic rings. The van der Waals surface area contributed by atoms with Crippen molar-refractivity contribution in [1.29, 1.82) is 0 Å². The summed E-state index contributed by atoms with van der Waals surface area (Å²) in [5.74, 6) is -0.194. The van der Waals surface area contributed by atoms with Crippen LogP contribution in [0.15, 0.2) is 47.6 Å². The van der Waals surface area contributed by atoms with Crippen molar-refractivity contribution in [1.82, 2.24) is 4.98 Å². The van der Waals surface area contributed by atoms with E-state index in [2.05, 4.69) is 10.3 Å². The highest BCUT2D eigenvalue weighted by Gasteiger charge is 2.26. The van der Waals surface area contributed by atoms with Crippen LogP contribution in [0.25, 0.3) is 0 Å². The average Bonchev–Trinajstić information content (AvgIpc) is 2.53. The van der Waals surface area contributed by atoms with Crippen molar-refractivity contribution in [2.24, 2.45) is 0 Å². The van der Waals surface area contributed by atoms with Gasteiger partial charge < -0.3 is 10.2 Å². The van der Waals surface area contributed by atoms with Gasteiger partial charge in [0, 0.05) is 6.20 Å². The molecule has 0 unspecified atom stereocenters. The molecule has 7 heteroatoms. The number of pyridine rings is 1. The highest BCUT2D eigenvalue weighted by Crippen LogP contribution is 2.30. The number of fused-ring (bicyclic) bond motifs is 1. The van der Waals surface area contributed by atoms with Crippen LogP contribution in [0, 0.1) is 0 Å². The predicted octanol–water partition coefficient (Wildman–Crippen LogP) is 2.81. The van der Waals surface area contributed by atoms with Crippen LogP contribution < -0.4 is 10.2 Å². The molecule has 0 radical (unpaired) electrons. The van der Waals surface area contributed by atoms with Crippen molar-refractivity contribution in [2.75, 3.05) is 22.5 Å². The number of anilines is 2. The fraction of sp³-hybridized carbons (Fsp3) is 0.133. The largest absolute Gasteiger partial charge is 0.323 e. The van der Waals surface area contributed by atoms with Gasteiger partial charge in [0.15, 0.2) is 0 Å². The molecule has 1 N–H and O–H groups in total. The van der Waals surface area contributed by atoms with Crippen LogP contribution in [-0.2, 0) is 9.59 Å². The lowest BCUT2D eigenvalue weighted by Crippen LogP contribution is -2.43. The Balaban J connectivity index is 1.75. The third-order valence-electron chi connectivity index (χ3n) is 3.13. The summed E-state index contributed by atoms with van der Waals surface area (Å²) in [6, 6.07) is 10.7. The summed E-state index contributed by atoms with van der Waals surface area (Å²) in [5, 5.41) is 3.87. The van der Waals surface area contributed by atoms with Gasteiger partial charge in [0.1, 0.15) is 11.6 Å². The zero-order chi connectivity index (χ0) is 15.5. The zero-order valence-electron chi connectivity index (χ0n) is 11.5. The third-order valence-corrected chi connectivity index (χ3v) is 4.54. The van der Waals surface area contributed by atoms with Crippen LogP contribution in [0.2, 0.25) is 5.02 Å². The molecule has 112 valence electrons. The molecule has 1 aliphatic heterocycles. The van der Waals surface area contributed by atoms with Gasteiger partial charge in [-0.1, -0.05) is 35.5 Å². The number of benzene rings is 1. The Morgan fingerprint density at radius 1 is 1.32 bits per heavy atom. The molecular formula is C15H12ClN3O2S. The van der Waals surface area contributed by atoms with E-state index >= 15 is 0 Å². The van der Waals surface area contributed by atoms with E-state index in [-0.39, 0.29) is 24.1 Å². The second-order valence-electron chi connectivity index (χ2n) is 4.62. The SMILES string of the molecule is O=C1CN(C(=O)CSc2ncccc2Cl)c2ccccc2N1. The highest BCUT2D eigenvalue weighted by atomic mass is 35.5. The number of thioether (sulfide) groups is 1. The molecule has 1 aromatic heterocycles. The number of nitrogens with zero attached hydrogens (tertiary/aromatic N) is 2. The van der Waals surface area contributed by atoms with Gasteiger partial charge in [-0.2, -0.15) is 0 Å². The number of nitrogens with one attached hydrogen (secondary N) is 1. The average molecular weight is 334 g/mol. The highest BCUT2D eigenvalue weighted by molar-refractivity contribution is 8.00. The minimum absolute atomic E-state index is 0.0202. The smallest absolute Gasteiger partial charge is 0.244 e. The van der Waals surface area contributed by atoms with Crippen LogP contribution in [0.4, 0.5) is 11.4 Å². The van der Waals surface area contributed by atoms with Crippen LogP contribution in [0.5, 0.6) is 0 Å². The van der Waals surface area contributed by atoms with Crippen molar-refractivity contribution in [3.05, 3.63) is 47.6 Å². The van der Waals surface area contributed by atoms with E-state index in [1.54, 1.807) is 24.4 Å². The van der Waals surface area contributed by atoms with Gasteiger partial charge in [0.05, 0.1) is 22.2 Å². The number of aromatic nitrogens is 1.